The number of furan rings is 1. The minimum Gasteiger partial charge on any atom is -0.472 e. The highest BCUT2D eigenvalue weighted by Gasteiger charge is 2.00. The van der Waals surface area contributed by atoms with Crippen LogP contribution in [0.5, 0.6) is 0 Å². The first kappa shape index (κ1) is 11.3. The Morgan fingerprint density at radius 1 is 1.36 bits per heavy atom. The third-order valence-electron chi connectivity index (χ3n) is 2.14. The molecule has 0 amide bonds. The first-order valence-electron chi connectivity index (χ1n) is 5.25. The maximum Gasteiger partial charge on any atom is 0.0947 e. The van der Waals surface area contributed by atoms with Gasteiger partial charge >= 0.3 is 0 Å². The Balaban J connectivity index is 2.03. The average molecular weight is 196 g/mol. The zero-order valence-electron chi connectivity index (χ0n) is 9.05. The number of hydrogen-bond acceptors (Lipinski definition) is 3. The van der Waals surface area contributed by atoms with Gasteiger partial charge in [0.05, 0.1) is 12.5 Å². The molecule has 1 rings (SSSR count). The molecule has 1 atom stereocenters. The van der Waals surface area contributed by atoms with Crippen LogP contribution in [0.1, 0.15) is 19.4 Å². The molecule has 1 heterocycles. The van der Waals surface area contributed by atoms with Crippen molar-refractivity contribution in [2.75, 3.05) is 19.6 Å². The molecule has 0 saturated heterocycles. The maximum absolute atomic E-state index is 4.98. The van der Waals surface area contributed by atoms with Gasteiger partial charge in [0.1, 0.15) is 0 Å². The van der Waals surface area contributed by atoms with Crippen molar-refractivity contribution in [2.45, 2.75) is 20.4 Å². The normalized spacial score (nSPS) is 13.0. The molecular weight excluding hydrogens is 176 g/mol. The Kier molecular flexibility index (Phi) is 5.33. The second kappa shape index (κ2) is 6.62. The second-order valence-corrected chi connectivity index (χ2v) is 3.68. The van der Waals surface area contributed by atoms with Gasteiger partial charge in [0.2, 0.25) is 0 Å². The molecule has 1 aromatic rings. The van der Waals surface area contributed by atoms with Crippen molar-refractivity contribution in [2.24, 2.45) is 5.92 Å². The van der Waals surface area contributed by atoms with Gasteiger partial charge in [-0.3, -0.25) is 0 Å². The fourth-order valence-electron chi connectivity index (χ4n) is 1.32. The molecule has 80 valence electrons. The Labute approximate surface area is 85.9 Å². The number of hydrogen-bond donors (Lipinski definition) is 2. The highest BCUT2D eigenvalue weighted by Crippen LogP contribution is 1.99. The van der Waals surface area contributed by atoms with Crippen LogP contribution in [0.25, 0.3) is 0 Å². The van der Waals surface area contributed by atoms with Gasteiger partial charge in [0, 0.05) is 12.1 Å². The predicted molar refractivity (Wildman–Crippen MR) is 58.1 cm³/mol. The molecule has 3 nitrogen and oxygen atoms in total. The van der Waals surface area contributed by atoms with Crippen molar-refractivity contribution >= 4 is 0 Å². The SMILES string of the molecule is CCNCC(C)CNCc1ccoc1. The summed E-state index contributed by atoms with van der Waals surface area (Å²) in [5.41, 5.74) is 1.21. The summed E-state index contributed by atoms with van der Waals surface area (Å²) >= 11 is 0. The maximum atomic E-state index is 4.98. The van der Waals surface area contributed by atoms with Gasteiger partial charge in [0.15, 0.2) is 0 Å². The van der Waals surface area contributed by atoms with Crippen LogP contribution in [0.4, 0.5) is 0 Å². The van der Waals surface area contributed by atoms with E-state index in [9.17, 15) is 0 Å². The van der Waals surface area contributed by atoms with Crippen LogP contribution in [-0.2, 0) is 6.54 Å². The van der Waals surface area contributed by atoms with Crippen molar-refractivity contribution in [3.8, 4) is 0 Å². The smallest absolute Gasteiger partial charge is 0.0947 e. The fraction of sp³-hybridized carbons (Fsp3) is 0.636. The lowest BCUT2D eigenvalue weighted by Crippen LogP contribution is -2.29. The largest absolute Gasteiger partial charge is 0.472 e. The lowest BCUT2D eigenvalue weighted by Gasteiger charge is -2.12. The summed E-state index contributed by atoms with van der Waals surface area (Å²) in [6.45, 7) is 8.43. The van der Waals surface area contributed by atoms with Crippen molar-refractivity contribution in [3.05, 3.63) is 24.2 Å². The van der Waals surface area contributed by atoms with Crippen LogP contribution in [0.3, 0.4) is 0 Å². The molecular formula is C11H20N2O. The van der Waals surface area contributed by atoms with Crippen LogP contribution in [-0.4, -0.2) is 19.6 Å². The van der Waals surface area contributed by atoms with Gasteiger partial charge in [-0.15, -0.1) is 0 Å². The Morgan fingerprint density at radius 3 is 2.79 bits per heavy atom. The van der Waals surface area contributed by atoms with Gasteiger partial charge in [0.25, 0.3) is 0 Å². The Morgan fingerprint density at radius 2 is 2.14 bits per heavy atom. The standard InChI is InChI=1S/C11H20N2O/c1-3-12-6-10(2)7-13-8-11-4-5-14-9-11/h4-5,9-10,12-13H,3,6-8H2,1-2H3. The van der Waals surface area contributed by atoms with Crippen molar-refractivity contribution in [1.82, 2.24) is 10.6 Å². The summed E-state index contributed by atoms with van der Waals surface area (Å²) in [6.07, 6.45) is 3.49. The minimum absolute atomic E-state index is 0.668. The van der Waals surface area contributed by atoms with Gasteiger partial charge in [-0.25, -0.2) is 0 Å². The van der Waals surface area contributed by atoms with Crippen LogP contribution >= 0.6 is 0 Å². The van der Waals surface area contributed by atoms with Crippen LogP contribution in [0.2, 0.25) is 0 Å². The van der Waals surface area contributed by atoms with Gasteiger partial charge in [-0.05, 0) is 31.6 Å². The molecule has 0 aliphatic carbocycles. The molecule has 0 fully saturated rings. The molecule has 0 aliphatic heterocycles. The molecule has 0 bridgehead atoms. The third-order valence-corrected chi connectivity index (χ3v) is 2.14. The molecule has 1 unspecified atom stereocenters. The average Bonchev–Trinajstić information content (AvgIpc) is 2.67. The summed E-state index contributed by atoms with van der Waals surface area (Å²) in [5.74, 6) is 0.668. The van der Waals surface area contributed by atoms with Crippen LogP contribution < -0.4 is 10.6 Å². The fourth-order valence-corrected chi connectivity index (χ4v) is 1.32. The van der Waals surface area contributed by atoms with Crippen molar-refractivity contribution in [3.63, 3.8) is 0 Å². The van der Waals surface area contributed by atoms with E-state index in [1.165, 1.54) is 5.56 Å². The number of rotatable bonds is 7. The molecule has 0 aliphatic rings. The molecule has 0 aromatic carbocycles. The first-order valence-corrected chi connectivity index (χ1v) is 5.25. The first-order chi connectivity index (χ1) is 6.83. The van der Waals surface area contributed by atoms with Crippen LogP contribution in [0.15, 0.2) is 23.0 Å². The molecule has 14 heavy (non-hydrogen) atoms. The van der Waals surface area contributed by atoms with E-state index >= 15 is 0 Å². The van der Waals surface area contributed by atoms with E-state index in [1.807, 2.05) is 6.07 Å². The molecule has 0 spiro atoms. The Bertz CT molecular complexity index is 221. The second-order valence-electron chi connectivity index (χ2n) is 3.68. The van der Waals surface area contributed by atoms with Crippen molar-refractivity contribution in [1.29, 1.82) is 0 Å². The summed E-state index contributed by atoms with van der Waals surface area (Å²) < 4.78 is 4.98. The monoisotopic (exact) mass is 196 g/mol. The Hall–Kier alpha value is -0.800. The van der Waals surface area contributed by atoms with E-state index in [4.69, 9.17) is 4.42 Å². The summed E-state index contributed by atoms with van der Waals surface area (Å²) in [5, 5.41) is 6.73. The molecule has 0 saturated carbocycles. The summed E-state index contributed by atoms with van der Waals surface area (Å²) in [4.78, 5) is 0. The molecule has 2 N–H and O–H groups in total. The summed E-state index contributed by atoms with van der Waals surface area (Å²) in [6, 6.07) is 1.99. The van der Waals surface area contributed by atoms with E-state index in [-0.39, 0.29) is 0 Å². The van der Waals surface area contributed by atoms with E-state index in [2.05, 4.69) is 24.5 Å². The topological polar surface area (TPSA) is 37.2 Å². The lowest BCUT2D eigenvalue weighted by atomic mass is 10.2. The van der Waals surface area contributed by atoms with Crippen molar-refractivity contribution < 1.29 is 4.42 Å². The highest BCUT2D eigenvalue weighted by molar-refractivity contribution is 5.04. The van der Waals surface area contributed by atoms with E-state index in [0.29, 0.717) is 5.92 Å². The van der Waals surface area contributed by atoms with Gasteiger partial charge in [-0.1, -0.05) is 13.8 Å². The van der Waals surface area contributed by atoms with E-state index in [1.54, 1.807) is 12.5 Å². The molecule has 3 heteroatoms. The zero-order chi connectivity index (χ0) is 10.2. The van der Waals surface area contributed by atoms with E-state index < -0.39 is 0 Å². The zero-order valence-corrected chi connectivity index (χ0v) is 9.05. The quantitative estimate of drug-likeness (QED) is 0.696. The molecule has 0 radical (unpaired) electrons. The van der Waals surface area contributed by atoms with Gasteiger partial charge < -0.3 is 15.1 Å². The predicted octanol–water partition coefficient (Wildman–Crippen LogP) is 1.61. The van der Waals surface area contributed by atoms with Gasteiger partial charge in [-0.2, -0.15) is 0 Å². The molecule has 1 aromatic heterocycles. The minimum atomic E-state index is 0.668. The lowest BCUT2D eigenvalue weighted by molar-refractivity contribution is 0.477. The number of nitrogens with one attached hydrogen (secondary N) is 2. The van der Waals surface area contributed by atoms with E-state index in [0.717, 1.165) is 26.2 Å². The third kappa shape index (κ3) is 4.44. The summed E-state index contributed by atoms with van der Waals surface area (Å²) in [7, 11) is 0. The highest BCUT2D eigenvalue weighted by atomic mass is 16.3. The van der Waals surface area contributed by atoms with Crippen LogP contribution in [0, 0.1) is 5.92 Å².